The lowest BCUT2D eigenvalue weighted by Crippen LogP contribution is -2.39. The standard InChI is InChI=1S/C32H21Br2NO5/c33-16-6-8-17(9-7-16)35-31(39)21-12-11-19-22(27(21)32(35)40)13-23-28(25(36)14-24(34)30(23)38)26(19)20-10-5-15-3-1-2-4-18(15)29(20)37/h1-11,14,21-22,26-27,37H,12-13H2. The molecule has 8 heteroatoms. The van der Waals surface area contributed by atoms with Crippen LogP contribution in [-0.2, 0) is 19.2 Å². The molecule has 0 bridgehead atoms. The largest absolute Gasteiger partial charge is 0.507 e. The summed E-state index contributed by atoms with van der Waals surface area (Å²) in [5.41, 5.74) is 2.48. The molecule has 3 aromatic rings. The van der Waals surface area contributed by atoms with Gasteiger partial charge in [0.25, 0.3) is 0 Å². The van der Waals surface area contributed by atoms with Gasteiger partial charge < -0.3 is 5.11 Å². The maximum Gasteiger partial charge on any atom is 0.238 e. The number of ketones is 2. The number of phenolic OH excluding ortho intramolecular Hbond substituents is 1. The number of hydrogen-bond donors (Lipinski definition) is 1. The van der Waals surface area contributed by atoms with Crippen LogP contribution >= 0.6 is 31.9 Å². The molecule has 1 saturated heterocycles. The zero-order chi connectivity index (χ0) is 27.9. The smallest absolute Gasteiger partial charge is 0.238 e. The second-order valence-corrected chi connectivity index (χ2v) is 12.4. The monoisotopic (exact) mass is 657 g/mol. The quantitative estimate of drug-likeness (QED) is 0.199. The molecule has 1 heterocycles. The highest BCUT2D eigenvalue weighted by Gasteiger charge is 2.56. The highest BCUT2D eigenvalue weighted by molar-refractivity contribution is 9.12. The lowest BCUT2D eigenvalue weighted by atomic mass is 9.59. The highest BCUT2D eigenvalue weighted by Crippen LogP contribution is 2.57. The first kappa shape index (κ1) is 25.4. The number of benzene rings is 3. The minimum Gasteiger partial charge on any atom is -0.507 e. The summed E-state index contributed by atoms with van der Waals surface area (Å²) in [5, 5.41) is 13.0. The van der Waals surface area contributed by atoms with E-state index in [1.165, 1.54) is 11.0 Å². The van der Waals surface area contributed by atoms with Crippen molar-refractivity contribution in [1.82, 2.24) is 0 Å². The number of rotatable bonds is 2. The molecule has 0 spiro atoms. The van der Waals surface area contributed by atoms with E-state index in [1.807, 2.05) is 36.4 Å². The Hall–Kier alpha value is -3.62. The Morgan fingerprint density at radius 2 is 1.60 bits per heavy atom. The fourth-order valence-corrected chi connectivity index (χ4v) is 7.62. The molecule has 1 aliphatic heterocycles. The van der Waals surface area contributed by atoms with Gasteiger partial charge in [0.2, 0.25) is 11.8 Å². The van der Waals surface area contributed by atoms with Crippen molar-refractivity contribution in [1.29, 1.82) is 0 Å². The number of aromatic hydroxyl groups is 1. The molecule has 3 aromatic carbocycles. The van der Waals surface area contributed by atoms with E-state index in [1.54, 1.807) is 30.3 Å². The molecule has 198 valence electrons. The van der Waals surface area contributed by atoms with E-state index in [9.17, 15) is 24.3 Å². The molecule has 4 unspecified atom stereocenters. The van der Waals surface area contributed by atoms with E-state index >= 15 is 0 Å². The van der Waals surface area contributed by atoms with E-state index in [2.05, 4.69) is 31.9 Å². The average molecular weight is 659 g/mol. The number of phenols is 1. The van der Waals surface area contributed by atoms with Crippen LogP contribution in [0.3, 0.4) is 0 Å². The summed E-state index contributed by atoms with van der Waals surface area (Å²) in [6.45, 7) is 0. The first-order valence-electron chi connectivity index (χ1n) is 13.0. The number of imide groups is 1. The molecule has 4 atom stereocenters. The Labute approximate surface area is 246 Å². The summed E-state index contributed by atoms with van der Waals surface area (Å²) in [5.74, 6) is -3.55. The van der Waals surface area contributed by atoms with Gasteiger partial charge in [-0.25, -0.2) is 0 Å². The van der Waals surface area contributed by atoms with Crippen molar-refractivity contribution in [2.75, 3.05) is 4.90 Å². The highest BCUT2D eigenvalue weighted by atomic mass is 79.9. The number of nitrogens with zero attached hydrogens (tertiary/aromatic N) is 1. The molecule has 6 nitrogen and oxygen atoms in total. The van der Waals surface area contributed by atoms with Gasteiger partial charge in [0.05, 0.1) is 22.0 Å². The predicted octanol–water partition coefficient (Wildman–Crippen LogP) is 6.27. The number of halogens is 2. The molecular weight excluding hydrogens is 638 g/mol. The number of carbonyl (C=O) groups is 4. The van der Waals surface area contributed by atoms with Gasteiger partial charge in [-0.05, 0) is 64.3 Å². The van der Waals surface area contributed by atoms with Crippen molar-refractivity contribution >= 4 is 71.7 Å². The third kappa shape index (κ3) is 3.58. The van der Waals surface area contributed by atoms with Gasteiger partial charge in [0, 0.05) is 38.6 Å². The number of anilines is 1. The molecule has 1 N–H and O–H groups in total. The molecule has 7 rings (SSSR count). The molecule has 2 amide bonds. The molecule has 3 aliphatic carbocycles. The summed E-state index contributed by atoms with van der Waals surface area (Å²) in [6.07, 6.45) is 3.76. The van der Waals surface area contributed by atoms with Crippen molar-refractivity contribution in [2.24, 2.45) is 17.8 Å². The second-order valence-electron chi connectivity index (χ2n) is 10.6. The van der Waals surface area contributed by atoms with Crippen LogP contribution in [-0.4, -0.2) is 28.5 Å². The first-order valence-corrected chi connectivity index (χ1v) is 14.6. The molecule has 0 saturated carbocycles. The van der Waals surface area contributed by atoms with E-state index in [0.717, 1.165) is 15.4 Å². The summed E-state index contributed by atoms with van der Waals surface area (Å²) < 4.78 is 1.00. The molecule has 1 fully saturated rings. The van der Waals surface area contributed by atoms with E-state index in [4.69, 9.17) is 0 Å². The van der Waals surface area contributed by atoms with Crippen LogP contribution in [0.1, 0.15) is 24.3 Å². The van der Waals surface area contributed by atoms with Gasteiger partial charge in [0.15, 0.2) is 11.6 Å². The molecule has 0 radical (unpaired) electrons. The van der Waals surface area contributed by atoms with Crippen LogP contribution in [0, 0.1) is 17.8 Å². The van der Waals surface area contributed by atoms with Crippen LogP contribution in [0.15, 0.2) is 98.5 Å². The third-order valence-corrected chi connectivity index (χ3v) is 9.78. The Morgan fingerprint density at radius 3 is 2.38 bits per heavy atom. The molecular formula is C32H21Br2NO5. The van der Waals surface area contributed by atoms with Crippen LogP contribution in [0.5, 0.6) is 5.75 Å². The van der Waals surface area contributed by atoms with Crippen molar-refractivity contribution in [3.8, 4) is 5.75 Å². The van der Waals surface area contributed by atoms with Gasteiger partial charge in [-0.2, -0.15) is 0 Å². The summed E-state index contributed by atoms with van der Waals surface area (Å²) in [7, 11) is 0. The summed E-state index contributed by atoms with van der Waals surface area (Å²) in [4.78, 5) is 55.7. The van der Waals surface area contributed by atoms with Gasteiger partial charge in [-0.15, -0.1) is 0 Å². The number of Topliss-reactive ketones (excluding diaryl/α,β-unsaturated/α-hetero) is 1. The normalized spacial score (nSPS) is 26.0. The Balaban J connectivity index is 1.40. The van der Waals surface area contributed by atoms with E-state index in [0.29, 0.717) is 34.2 Å². The van der Waals surface area contributed by atoms with Crippen LogP contribution < -0.4 is 4.90 Å². The van der Waals surface area contributed by atoms with E-state index < -0.39 is 23.7 Å². The van der Waals surface area contributed by atoms with Gasteiger partial charge in [0.1, 0.15) is 5.75 Å². The molecule has 0 aromatic heterocycles. The van der Waals surface area contributed by atoms with E-state index in [-0.39, 0.29) is 40.0 Å². The molecule has 40 heavy (non-hydrogen) atoms. The van der Waals surface area contributed by atoms with Crippen molar-refractivity contribution in [3.05, 3.63) is 104 Å². The predicted molar refractivity (Wildman–Crippen MR) is 157 cm³/mol. The fraction of sp³-hybridized carbons (Fsp3) is 0.188. The van der Waals surface area contributed by atoms with Gasteiger partial charge in [-0.3, -0.25) is 24.1 Å². The minimum atomic E-state index is -0.711. The Morgan fingerprint density at radius 1 is 0.850 bits per heavy atom. The van der Waals surface area contributed by atoms with Crippen molar-refractivity contribution in [2.45, 2.75) is 18.8 Å². The number of amides is 2. The van der Waals surface area contributed by atoms with Gasteiger partial charge >= 0.3 is 0 Å². The summed E-state index contributed by atoms with van der Waals surface area (Å²) >= 11 is 6.65. The number of carbonyl (C=O) groups excluding carboxylic acids is 4. The van der Waals surface area contributed by atoms with Crippen LogP contribution in [0.25, 0.3) is 10.8 Å². The third-order valence-electron chi connectivity index (χ3n) is 8.66. The topological polar surface area (TPSA) is 91.8 Å². The number of fused-ring (bicyclic) bond motifs is 4. The minimum absolute atomic E-state index is 0.0396. The SMILES string of the molecule is O=C1C=C(Br)C(=O)C2=C1C(c1ccc3ccccc3c1O)C1=CCC3C(=O)N(c4ccc(Br)cc4)C(=O)C3C1C2. The van der Waals surface area contributed by atoms with Crippen molar-refractivity contribution in [3.63, 3.8) is 0 Å². The maximum atomic E-state index is 14.0. The first-order chi connectivity index (χ1) is 19.3. The zero-order valence-electron chi connectivity index (χ0n) is 20.9. The Kier molecular flexibility index (Phi) is 5.84. The zero-order valence-corrected chi connectivity index (χ0v) is 24.1. The fourth-order valence-electron chi connectivity index (χ4n) is 6.91. The average Bonchev–Trinajstić information content (AvgIpc) is 3.21. The molecule has 4 aliphatic rings. The van der Waals surface area contributed by atoms with Crippen LogP contribution in [0.2, 0.25) is 0 Å². The van der Waals surface area contributed by atoms with Crippen LogP contribution in [0.4, 0.5) is 5.69 Å². The van der Waals surface area contributed by atoms with Crippen molar-refractivity contribution < 1.29 is 24.3 Å². The summed E-state index contributed by atoms with van der Waals surface area (Å²) in [6, 6.07) is 18.1. The number of hydrogen-bond acceptors (Lipinski definition) is 5. The second kappa shape index (κ2) is 9.21. The number of allylic oxidation sites excluding steroid dienone is 6. The van der Waals surface area contributed by atoms with Gasteiger partial charge in [-0.1, -0.05) is 64.0 Å². The maximum absolute atomic E-state index is 14.0. The lowest BCUT2D eigenvalue weighted by molar-refractivity contribution is -0.123. The Bertz CT molecular complexity index is 1780. The lowest BCUT2D eigenvalue weighted by Gasteiger charge is -2.42.